The van der Waals surface area contributed by atoms with E-state index in [0.717, 1.165) is 191 Å². The van der Waals surface area contributed by atoms with Gasteiger partial charge in [0.25, 0.3) is 16.7 Å². The maximum Gasteiger partial charge on any atom is 0.417 e. The smallest absolute Gasteiger partial charge is 0.417 e. The number of sulfonamides is 1. The van der Waals surface area contributed by atoms with Crippen LogP contribution in [-0.2, 0) is 32.2 Å². The number of furan rings is 1. The number of alkyl halides is 3. The Bertz CT molecular complexity index is 6560. The highest BCUT2D eigenvalue weighted by Gasteiger charge is 2.38. The first-order chi connectivity index (χ1) is 63.1. The van der Waals surface area contributed by atoms with Crippen molar-refractivity contribution in [1.82, 2.24) is 73.0 Å². The number of piperidine rings is 3. The Kier molecular flexibility index (Phi) is 25.8. The lowest BCUT2D eigenvalue weighted by atomic mass is 9.87. The van der Waals surface area contributed by atoms with Crippen molar-refractivity contribution in [3.8, 4) is 50.8 Å². The monoisotopic (exact) mass is 1820 g/mol. The lowest BCUT2D eigenvalue weighted by molar-refractivity contribution is -0.137. The highest BCUT2D eigenvalue weighted by molar-refractivity contribution is 7.88. The fourth-order valence-corrected chi connectivity index (χ4v) is 20.0. The summed E-state index contributed by atoms with van der Waals surface area (Å²) in [6.45, 7) is 8.16. The largest absolute Gasteiger partial charge is 0.490 e. The van der Waals surface area contributed by atoms with Crippen LogP contribution >= 0.6 is 23.2 Å². The Hall–Kier alpha value is -11.5. The molecule has 13 heterocycles. The minimum atomic E-state index is -4.72. The highest BCUT2D eigenvalue weighted by atomic mass is 35.5. The number of nitrogens with one attached hydrogen (secondary N) is 5. The molecule has 3 atom stereocenters. The second-order valence-corrected chi connectivity index (χ2v) is 37.8. The van der Waals surface area contributed by atoms with Crippen molar-refractivity contribution in [2.45, 2.75) is 151 Å². The van der Waals surface area contributed by atoms with Crippen molar-refractivity contribution in [1.29, 1.82) is 0 Å². The van der Waals surface area contributed by atoms with Crippen molar-refractivity contribution in [2.24, 2.45) is 5.92 Å². The summed E-state index contributed by atoms with van der Waals surface area (Å²) in [4.78, 5) is 76.8. The van der Waals surface area contributed by atoms with Gasteiger partial charge in [-0.3, -0.25) is 32.7 Å². The van der Waals surface area contributed by atoms with Gasteiger partial charge in [0.2, 0.25) is 27.9 Å². The van der Waals surface area contributed by atoms with E-state index < -0.39 is 27.3 Å². The molecule has 676 valence electrons. The fraction of sp³-hybridized carbons (Fsp3) is 0.396. The van der Waals surface area contributed by atoms with E-state index >= 15 is 0 Å². The minimum absolute atomic E-state index is 0.00927. The van der Waals surface area contributed by atoms with Crippen molar-refractivity contribution in [2.75, 3.05) is 101 Å². The molecule has 0 amide bonds. The number of halogens is 5. The number of nitrogens with zero attached hydrogens (tertiary/aromatic N) is 13. The van der Waals surface area contributed by atoms with E-state index in [4.69, 9.17) is 56.5 Å². The van der Waals surface area contributed by atoms with Gasteiger partial charge in [-0.2, -0.15) is 28.1 Å². The number of aromatic nitrogens is 11. The summed E-state index contributed by atoms with van der Waals surface area (Å²) in [5, 5.41) is 19.5. The Balaban J connectivity index is 0.000000127. The van der Waals surface area contributed by atoms with Gasteiger partial charge in [-0.05, 0) is 247 Å². The molecule has 8 aliphatic rings. The van der Waals surface area contributed by atoms with Gasteiger partial charge in [0.05, 0.1) is 70.3 Å². The molecule has 130 heavy (non-hydrogen) atoms. The van der Waals surface area contributed by atoms with E-state index in [9.17, 15) is 36.0 Å². The molecule has 0 bridgehead atoms. The lowest BCUT2D eigenvalue weighted by Crippen LogP contribution is -2.37. The number of benzene rings is 5. The Morgan fingerprint density at radius 2 is 1.14 bits per heavy atom. The number of morpholine rings is 1. The molecule has 5 aromatic carbocycles. The number of rotatable bonds is 22. The first kappa shape index (κ1) is 87.8. The van der Waals surface area contributed by atoms with Crippen LogP contribution < -0.4 is 52.7 Å². The molecule has 8 aromatic heterocycles. The first-order valence-electron chi connectivity index (χ1n) is 44.8. The fourth-order valence-electron chi connectivity index (χ4n) is 18.4. The van der Waals surface area contributed by atoms with Gasteiger partial charge >= 0.3 is 6.18 Å². The van der Waals surface area contributed by atoms with Crippen molar-refractivity contribution >= 4 is 101 Å². The zero-order valence-corrected chi connectivity index (χ0v) is 74.4. The van der Waals surface area contributed by atoms with E-state index in [1.165, 1.54) is 27.2 Å². The number of hydrogen-bond donors (Lipinski definition) is 5. The van der Waals surface area contributed by atoms with Gasteiger partial charge in [-0.1, -0.05) is 60.3 Å². The molecular weight excluding hydrogens is 1730 g/mol. The zero-order valence-electron chi connectivity index (χ0n) is 72.1. The van der Waals surface area contributed by atoms with E-state index in [0.29, 0.717) is 117 Å². The average molecular weight is 1830 g/mol. The lowest BCUT2D eigenvalue weighted by Gasteiger charge is -2.31. The molecule has 0 spiro atoms. The van der Waals surface area contributed by atoms with Crippen molar-refractivity contribution in [3.63, 3.8) is 0 Å². The zero-order chi connectivity index (χ0) is 89.3. The van der Waals surface area contributed by atoms with Crippen molar-refractivity contribution in [3.05, 3.63) is 234 Å². The molecule has 3 aliphatic carbocycles. The van der Waals surface area contributed by atoms with Crippen LogP contribution in [-0.4, -0.2) is 168 Å². The van der Waals surface area contributed by atoms with E-state index in [-0.39, 0.29) is 83.5 Å². The summed E-state index contributed by atoms with van der Waals surface area (Å²) in [6.07, 6.45) is 22.5. The molecule has 0 radical (unpaired) electrons. The Labute approximate surface area is 758 Å². The quantitative estimate of drug-likeness (QED) is 0.0421. The number of fused-ring (bicyclic) bond motifs is 3. The number of imidazole rings is 1. The van der Waals surface area contributed by atoms with Crippen LogP contribution in [0.4, 0.5) is 48.1 Å². The van der Waals surface area contributed by atoms with Crippen LogP contribution in [0.15, 0.2) is 190 Å². The van der Waals surface area contributed by atoms with E-state index in [1.54, 1.807) is 54.0 Å². The van der Waals surface area contributed by atoms with Crippen LogP contribution in [0, 0.1) is 5.92 Å². The van der Waals surface area contributed by atoms with Gasteiger partial charge in [-0.25, -0.2) is 32.7 Å². The summed E-state index contributed by atoms with van der Waals surface area (Å²) >= 11 is 13.5. The summed E-state index contributed by atoms with van der Waals surface area (Å²) in [6, 6.07) is 38.4. The molecule has 8 fully saturated rings. The third kappa shape index (κ3) is 19.9. The molecule has 5 N–H and O–H groups in total. The second-order valence-electron chi connectivity index (χ2n) is 35.1. The van der Waals surface area contributed by atoms with Gasteiger partial charge < -0.3 is 54.8 Å². The van der Waals surface area contributed by atoms with Gasteiger partial charge in [0, 0.05) is 133 Å². The predicted octanol–water partition coefficient (Wildman–Crippen LogP) is 17.5. The number of likely N-dealkylation sites (N-methyl/N-ethyl adjacent to an activating group) is 1. The summed E-state index contributed by atoms with van der Waals surface area (Å²) in [7, 11) is -1.30. The summed E-state index contributed by atoms with van der Waals surface area (Å²) < 4.78 is 105. The topological polar surface area (TPSA) is 312 Å². The first-order valence-corrected chi connectivity index (χ1v) is 47.4. The van der Waals surface area contributed by atoms with Crippen molar-refractivity contribution < 1.29 is 45.0 Å². The standard InChI is InChI=1S/C35H39F3N6O4S.C32H33Cl2N5O2.C29H29N7O4/c1-42-15-16-48-31(21-42)24-5-8-27(9-6-24)40-34-39-19-26-17-29(33(45)44(32(26)41-34)20-22-3-4-22)28-10-7-25(18-30(28)35(36,37)38)23-11-13-43(14-12-23)49(2,46)47;33-27-15-20(19-7-8-19)16-28(34)29(27)26-14-21-17-36-32(38-30(21)39(31(26)40)23-4-1-2-5-23)37-22-9-11-24(12-10-22)41-25-6-3-13-35-18-25;37-28-25(27-31-11-12-35(27)21-7-13-38-17-21)15-19-16-32-29(34-26(19)36(28)22-8-14-39-18-22)33-20-1-3-23(4-2-20)40-24-5-9-30-10-6-24/h5-10,17-19,22-23,31H,3-4,11-16,20-21H2,1-2H3,(H,39,40,41);9-12,14-17,19,23,25,35H,1-8,13,18H2,(H,36,37,38);1-4,7,11-13,15-17,22,24,30H,5-6,8-10,14,18H2,(H,32,33,34). The second kappa shape index (κ2) is 38.2. The van der Waals surface area contributed by atoms with Crippen LogP contribution in [0.3, 0.4) is 0 Å². The van der Waals surface area contributed by atoms with E-state index in [1.807, 2.05) is 106 Å². The highest BCUT2D eigenvalue weighted by Crippen LogP contribution is 2.47. The Morgan fingerprint density at radius 1 is 0.554 bits per heavy atom. The molecule has 28 nitrogen and oxygen atoms in total. The molecule has 21 rings (SSSR count). The van der Waals surface area contributed by atoms with Crippen LogP contribution in [0.2, 0.25) is 10.0 Å². The summed E-state index contributed by atoms with van der Waals surface area (Å²) in [5.74, 6) is 3.85. The van der Waals surface area contributed by atoms with E-state index in [2.05, 4.69) is 63.5 Å². The number of ether oxygens (including phenoxy) is 4. The molecule has 34 heteroatoms. The molecule has 13 aromatic rings. The number of hydrogen-bond acceptors (Lipinski definition) is 23. The van der Waals surface area contributed by atoms with Crippen LogP contribution in [0.25, 0.3) is 72.4 Å². The number of anilines is 6. The summed E-state index contributed by atoms with van der Waals surface area (Å²) in [5.41, 5.74) is 6.98. The van der Waals surface area contributed by atoms with Gasteiger partial charge in [0.1, 0.15) is 52.7 Å². The number of pyridine rings is 3. The molecular formula is C96H101Cl2F3N18O10S. The Morgan fingerprint density at radius 3 is 1.72 bits per heavy atom. The average Bonchev–Trinajstić information content (AvgIpc) is 1.28. The van der Waals surface area contributed by atoms with Gasteiger partial charge in [-0.15, -0.1) is 0 Å². The molecule has 3 saturated carbocycles. The third-order valence-electron chi connectivity index (χ3n) is 25.7. The predicted molar refractivity (Wildman–Crippen MR) is 496 cm³/mol. The van der Waals surface area contributed by atoms with Crippen LogP contribution in [0.1, 0.15) is 149 Å². The SMILES string of the molecule is CN1CCOC(c2ccc(Nc3ncc4cc(-c5ccc(C6CCN(S(C)(=O)=O)CC6)cc5C(F)(F)F)c(=O)n(CC5CC5)c4n3)cc2)C1.O=c1c(-c2c(Cl)cc(C3CC3)cc2Cl)cc2cnc(Nc3ccc(OC4CCCNC4)cc3)nc2n1C1CCCC1.O=c1c(-c2nccn2-c2ccoc2)cc2cnc(Nc3ccc(OC4CCNCC4)cc3)nc2n1C1CCOC1. The normalized spacial score (nSPS) is 19.2. The molecule has 3 unspecified atom stereocenters. The molecule has 5 saturated heterocycles. The molecule has 5 aliphatic heterocycles. The maximum atomic E-state index is 14.6. The van der Waals surface area contributed by atoms with Gasteiger partial charge in [0.15, 0.2) is 0 Å². The minimum Gasteiger partial charge on any atom is -0.490 e. The van der Waals surface area contributed by atoms with Crippen LogP contribution in [0.5, 0.6) is 11.5 Å². The maximum absolute atomic E-state index is 14.6. The third-order valence-corrected chi connectivity index (χ3v) is 27.6.